The standard InChI is InChI=1S/C25H33N5OS/c1-6-22(28(3)4)24-26-27-25(30(24)16-20-13-8-7-9-14-20)32-18-23(31)29(5)17-21-15-11-10-12-19(21)2/h7-15,22H,6,16-18H2,1-5H3. The first-order valence-electron chi connectivity index (χ1n) is 10.9. The van der Waals surface area contributed by atoms with Gasteiger partial charge in [0.15, 0.2) is 11.0 Å². The lowest BCUT2D eigenvalue weighted by Gasteiger charge is -2.23. The van der Waals surface area contributed by atoms with E-state index in [-0.39, 0.29) is 11.9 Å². The summed E-state index contributed by atoms with van der Waals surface area (Å²) < 4.78 is 2.16. The maximum atomic E-state index is 12.8. The van der Waals surface area contributed by atoms with Crippen molar-refractivity contribution in [1.82, 2.24) is 24.6 Å². The van der Waals surface area contributed by atoms with Gasteiger partial charge in [0.2, 0.25) is 5.91 Å². The number of amides is 1. The minimum atomic E-state index is 0.0775. The molecule has 0 saturated carbocycles. The van der Waals surface area contributed by atoms with Gasteiger partial charge in [0.05, 0.1) is 18.3 Å². The van der Waals surface area contributed by atoms with Crippen LogP contribution in [0.2, 0.25) is 0 Å². The third-order valence-corrected chi connectivity index (χ3v) is 6.61. The first-order valence-corrected chi connectivity index (χ1v) is 11.9. The smallest absolute Gasteiger partial charge is 0.233 e. The fourth-order valence-corrected chi connectivity index (χ4v) is 4.60. The number of hydrogen-bond donors (Lipinski definition) is 0. The number of aryl methyl sites for hydroxylation is 1. The molecule has 1 amide bonds. The van der Waals surface area contributed by atoms with Crippen molar-refractivity contribution >= 4 is 17.7 Å². The van der Waals surface area contributed by atoms with Gasteiger partial charge in [-0.1, -0.05) is 73.3 Å². The molecule has 1 heterocycles. The molecule has 0 fully saturated rings. The number of aromatic nitrogens is 3. The summed E-state index contributed by atoms with van der Waals surface area (Å²) in [6.45, 7) is 5.52. The van der Waals surface area contributed by atoms with Gasteiger partial charge < -0.3 is 9.47 Å². The van der Waals surface area contributed by atoms with Crippen molar-refractivity contribution in [2.45, 2.75) is 44.6 Å². The highest BCUT2D eigenvalue weighted by molar-refractivity contribution is 7.99. The van der Waals surface area contributed by atoms with Gasteiger partial charge in [0, 0.05) is 13.6 Å². The molecule has 0 aliphatic rings. The van der Waals surface area contributed by atoms with Crippen molar-refractivity contribution in [2.75, 3.05) is 26.9 Å². The quantitative estimate of drug-likeness (QED) is 0.428. The first-order chi connectivity index (χ1) is 15.4. The van der Waals surface area contributed by atoms with E-state index in [4.69, 9.17) is 0 Å². The second-order valence-electron chi connectivity index (χ2n) is 8.27. The Morgan fingerprint density at radius 3 is 2.38 bits per heavy atom. The molecule has 3 rings (SSSR count). The fraction of sp³-hybridized carbons (Fsp3) is 0.400. The van der Waals surface area contributed by atoms with Gasteiger partial charge in [-0.25, -0.2) is 0 Å². The van der Waals surface area contributed by atoms with Gasteiger partial charge in [0.25, 0.3) is 0 Å². The van der Waals surface area contributed by atoms with E-state index in [1.807, 2.05) is 37.4 Å². The van der Waals surface area contributed by atoms with Crippen LogP contribution in [0.1, 0.15) is 41.9 Å². The summed E-state index contributed by atoms with van der Waals surface area (Å²) >= 11 is 1.46. The lowest BCUT2D eigenvalue weighted by atomic mass is 10.1. The Hall–Kier alpha value is -2.64. The summed E-state index contributed by atoms with van der Waals surface area (Å²) in [7, 11) is 5.98. The van der Waals surface area contributed by atoms with Crippen LogP contribution in [0.3, 0.4) is 0 Å². The molecule has 1 aromatic heterocycles. The Labute approximate surface area is 195 Å². The van der Waals surface area contributed by atoms with Crippen molar-refractivity contribution in [1.29, 1.82) is 0 Å². The highest BCUT2D eigenvalue weighted by Gasteiger charge is 2.23. The second kappa shape index (κ2) is 11.3. The molecule has 32 heavy (non-hydrogen) atoms. The zero-order valence-electron chi connectivity index (χ0n) is 19.7. The zero-order chi connectivity index (χ0) is 23.1. The number of thioether (sulfide) groups is 1. The van der Waals surface area contributed by atoms with Crippen LogP contribution in [0.25, 0.3) is 0 Å². The predicted octanol–water partition coefficient (Wildman–Crippen LogP) is 4.40. The van der Waals surface area contributed by atoms with Crippen LogP contribution in [-0.2, 0) is 17.9 Å². The normalized spacial score (nSPS) is 12.2. The summed E-state index contributed by atoms with van der Waals surface area (Å²) in [5.74, 6) is 1.34. The van der Waals surface area contributed by atoms with Crippen LogP contribution in [0.4, 0.5) is 0 Å². The monoisotopic (exact) mass is 451 g/mol. The lowest BCUT2D eigenvalue weighted by Crippen LogP contribution is -2.28. The first kappa shape index (κ1) is 24.0. The maximum absolute atomic E-state index is 12.8. The van der Waals surface area contributed by atoms with Crippen molar-refractivity contribution in [3.63, 3.8) is 0 Å². The van der Waals surface area contributed by atoms with E-state index < -0.39 is 0 Å². The molecule has 0 aliphatic heterocycles. The third kappa shape index (κ3) is 5.99. The minimum Gasteiger partial charge on any atom is -0.341 e. The van der Waals surface area contributed by atoms with E-state index in [0.717, 1.165) is 17.4 Å². The summed E-state index contributed by atoms with van der Waals surface area (Å²) in [6, 6.07) is 18.7. The number of benzene rings is 2. The van der Waals surface area contributed by atoms with Crippen LogP contribution >= 0.6 is 11.8 Å². The highest BCUT2D eigenvalue weighted by Crippen LogP contribution is 2.26. The predicted molar refractivity (Wildman–Crippen MR) is 131 cm³/mol. The summed E-state index contributed by atoms with van der Waals surface area (Å²) in [6.07, 6.45) is 0.933. The van der Waals surface area contributed by atoms with Crippen molar-refractivity contribution in [3.8, 4) is 0 Å². The highest BCUT2D eigenvalue weighted by atomic mass is 32.2. The molecule has 1 unspecified atom stereocenters. The average molecular weight is 452 g/mol. The Bertz CT molecular complexity index is 1020. The van der Waals surface area contributed by atoms with E-state index in [9.17, 15) is 4.79 Å². The number of nitrogens with zero attached hydrogens (tertiary/aromatic N) is 5. The van der Waals surface area contributed by atoms with Crippen LogP contribution in [0, 0.1) is 6.92 Å². The van der Waals surface area contributed by atoms with Gasteiger partial charge in [-0.05, 0) is 44.1 Å². The van der Waals surface area contributed by atoms with Gasteiger partial charge in [-0.2, -0.15) is 0 Å². The summed E-state index contributed by atoms with van der Waals surface area (Å²) in [5, 5.41) is 9.78. The fourth-order valence-electron chi connectivity index (χ4n) is 3.71. The topological polar surface area (TPSA) is 54.3 Å². The van der Waals surface area contributed by atoms with Crippen LogP contribution in [-0.4, -0.2) is 57.4 Å². The van der Waals surface area contributed by atoms with Gasteiger partial charge in [-0.15, -0.1) is 10.2 Å². The Morgan fingerprint density at radius 2 is 1.72 bits per heavy atom. The lowest BCUT2D eigenvalue weighted by molar-refractivity contribution is -0.127. The molecule has 3 aromatic rings. The molecule has 0 N–H and O–H groups in total. The average Bonchev–Trinajstić information content (AvgIpc) is 3.16. The Kier molecular flexibility index (Phi) is 8.47. The molecule has 1 atom stereocenters. The molecule has 2 aromatic carbocycles. The number of rotatable bonds is 10. The van der Waals surface area contributed by atoms with E-state index in [1.165, 1.54) is 28.5 Å². The summed E-state index contributed by atoms with van der Waals surface area (Å²) in [5.41, 5.74) is 3.55. The van der Waals surface area contributed by atoms with Crippen LogP contribution in [0.5, 0.6) is 0 Å². The number of carbonyl (C=O) groups is 1. The van der Waals surface area contributed by atoms with Crippen LogP contribution < -0.4 is 0 Å². The SMILES string of the molecule is CCC(c1nnc(SCC(=O)N(C)Cc2ccccc2C)n1Cc1ccccc1)N(C)C. The molecule has 170 valence electrons. The number of carbonyl (C=O) groups excluding carboxylic acids is 1. The molecular formula is C25H33N5OS. The Morgan fingerprint density at radius 1 is 1.03 bits per heavy atom. The molecule has 0 spiro atoms. The molecule has 6 nitrogen and oxygen atoms in total. The van der Waals surface area contributed by atoms with Gasteiger partial charge in [0.1, 0.15) is 0 Å². The minimum absolute atomic E-state index is 0.0775. The van der Waals surface area contributed by atoms with Crippen molar-refractivity contribution in [2.24, 2.45) is 0 Å². The van der Waals surface area contributed by atoms with Crippen molar-refractivity contribution < 1.29 is 4.79 Å². The van der Waals surface area contributed by atoms with E-state index in [0.29, 0.717) is 18.8 Å². The molecule has 0 aliphatic carbocycles. The molecular weight excluding hydrogens is 418 g/mol. The third-order valence-electron chi connectivity index (χ3n) is 5.66. The van der Waals surface area contributed by atoms with Gasteiger partial charge in [-0.3, -0.25) is 9.69 Å². The Balaban J connectivity index is 1.75. The summed E-state index contributed by atoms with van der Waals surface area (Å²) in [4.78, 5) is 16.8. The molecule has 0 saturated heterocycles. The van der Waals surface area contributed by atoms with E-state index >= 15 is 0 Å². The molecule has 7 heteroatoms. The van der Waals surface area contributed by atoms with Crippen LogP contribution in [0.15, 0.2) is 59.8 Å². The zero-order valence-corrected chi connectivity index (χ0v) is 20.5. The number of hydrogen-bond acceptors (Lipinski definition) is 5. The molecule has 0 bridgehead atoms. The molecule has 0 radical (unpaired) electrons. The largest absolute Gasteiger partial charge is 0.341 e. The van der Waals surface area contributed by atoms with Crippen molar-refractivity contribution in [3.05, 3.63) is 77.1 Å². The second-order valence-corrected chi connectivity index (χ2v) is 9.21. The maximum Gasteiger partial charge on any atom is 0.233 e. The van der Waals surface area contributed by atoms with E-state index in [1.54, 1.807) is 4.90 Å². The van der Waals surface area contributed by atoms with E-state index in [2.05, 4.69) is 71.9 Å². The van der Waals surface area contributed by atoms with Gasteiger partial charge >= 0.3 is 0 Å².